The van der Waals surface area contributed by atoms with Crippen molar-refractivity contribution in [1.82, 2.24) is 5.32 Å². The first-order chi connectivity index (χ1) is 12.4. The maximum atomic E-state index is 12.3. The molecule has 0 spiro atoms. The molecule has 0 fully saturated rings. The van der Waals surface area contributed by atoms with Gasteiger partial charge in [0.1, 0.15) is 5.60 Å². The Morgan fingerprint density at radius 1 is 1.08 bits per heavy atom. The molecule has 6 nitrogen and oxygen atoms in total. The van der Waals surface area contributed by atoms with Crippen LogP contribution in [-0.2, 0) is 10.3 Å². The van der Waals surface area contributed by atoms with Crippen molar-refractivity contribution in [3.05, 3.63) is 53.1 Å². The number of carbonyl (C=O) groups is 1. The average Bonchev–Trinajstić information content (AvgIpc) is 2.66. The summed E-state index contributed by atoms with van der Waals surface area (Å²) >= 11 is 6.05. The maximum Gasteiger partial charge on any atom is 0.319 e. The molecule has 0 aromatic heterocycles. The van der Waals surface area contributed by atoms with Crippen LogP contribution in [0.3, 0.4) is 0 Å². The van der Waals surface area contributed by atoms with Gasteiger partial charge in [0.05, 0.1) is 20.8 Å². The van der Waals surface area contributed by atoms with Crippen LogP contribution in [0.4, 0.5) is 10.5 Å². The van der Waals surface area contributed by atoms with E-state index in [9.17, 15) is 4.79 Å². The molecule has 0 heterocycles. The van der Waals surface area contributed by atoms with Crippen molar-refractivity contribution < 1.29 is 19.0 Å². The van der Waals surface area contributed by atoms with E-state index in [1.54, 1.807) is 38.5 Å². The van der Waals surface area contributed by atoms with Gasteiger partial charge in [0.2, 0.25) is 0 Å². The molecule has 2 amide bonds. The minimum absolute atomic E-state index is 0.267. The minimum atomic E-state index is -0.708. The van der Waals surface area contributed by atoms with E-state index in [1.165, 1.54) is 7.11 Å². The Labute approximate surface area is 158 Å². The van der Waals surface area contributed by atoms with Gasteiger partial charge in [-0.05, 0) is 36.8 Å². The Kier molecular flexibility index (Phi) is 6.71. The van der Waals surface area contributed by atoms with Crippen molar-refractivity contribution in [2.75, 3.05) is 33.2 Å². The van der Waals surface area contributed by atoms with Gasteiger partial charge in [0.15, 0.2) is 11.5 Å². The lowest BCUT2D eigenvalue weighted by atomic mass is 9.96. The van der Waals surface area contributed by atoms with E-state index in [1.807, 2.05) is 25.1 Å². The summed E-state index contributed by atoms with van der Waals surface area (Å²) in [4.78, 5) is 12.3. The summed E-state index contributed by atoms with van der Waals surface area (Å²) < 4.78 is 16.0. The minimum Gasteiger partial charge on any atom is -0.493 e. The predicted molar refractivity (Wildman–Crippen MR) is 102 cm³/mol. The van der Waals surface area contributed by atoms with E-state index < -0.39 is 5.60 Å². The highest BCUT2D eigenvalue weighted by Gasteiger charge is 2.27. The lowest BCUT2D eigenvalue weighted by molar-refractivity contribution is 0.00521. The zero-order valence-electron chi connectivity index (χ0n) is 15.3. The molecule has 2 aromatic carbocycles. The van der Waals surface area contributed by atoms with Crippen LogP contribution in [0.5, 0.6) is 11.5 Å². The molecule has 0 radical (unpaired) electrons. The Balaban J connectivity index is 2.03. The monoisotopic (exact) mass is 378 g/mol. The van der Waals surface area contributed by atoms with Crippen LogP contribution >= 0.6 is 11.6 Å². The highest BCUT2D eigenvalue weighted by molar-refractivity contribution is 6.30. The lowest BCUT2D eigenvalue weighted by Gasteiger charge is -2.29. The smallest absolute Gasteiger partial charge is 0.319 e. The fourth-order valence-corrected chi connectivity index (χ4v) is 2.64. The van der Waals surface area contributed by atoms with Crippen molar-refractivity contribution in [3.8, 4) is 11.5 Å². The van der Waals surface area contributed by atoms with Crippen molar-refractivity contribution in [3.63, 3.8) is 0 Å². The number of nitrogens with one attached hydrogen (secondary N) is 2. The van der Waals surface area contributed by atoms with E-state index in [0.717, 1.165) is 5.56 Å². The molecule has 1 unspecified atom stereocenters. The summed E-state index contributed by atoms with van der Waals surface area (Å²) in [5.41, 5.74) is 0.751. The maximum absolute atomic E-state index is 12.3. The Morgan fingerprint density at radius 2 is 1.81 bits per heavy atom. The quantitative estimate of drug-likeness (QED) is 0.762. The van der Waals surface area contributed by atoms with E-state index in [4.69, 9.17) is 25.8 Å². The first-order valence-corrected chi connectivity index (χ1v) is 8.37. The van der Waals surface area contributed by atoms with E-state index in [2.05, 4.69) is 10.6 Å². The van der Waals surface area contributed by atoms with Gasteiger partial charge >= 0.3 is 6.03 Å². The highest BCUT2D eigenvalue weighted by atomic mass is 35.5. The number of hydrogen-bond donors (Lipinski definition) is 2. The van der Waals surface area contributed by atoms with Gasteiger partial charge in [-0.3, -0.25) is 0 Å². The Bertz CT molecular complexity index is 769. The number of halogens is 1. The molecule has 2 N–H and O–H groups in total. The lowest BCUT2D eigenvalue weighted by Crippen LogP contribution is -2.41. The van der Waals surface area contributed by atoms with Crippen LogP contribution in [0.1, 0.15) is 12.5 Å². The van der Waals surface area contributed by atoms with Crippen LogP contribution in [0.25, 0.3) is 0 Å². The highest BCUT2D eigenvalue weighted by Crippen LogP contribution is 2.30. The third-order valence-corrected chi connectivity index (χ3v) is 4.35. The van der Waals surface area contributed by atoms with Crippen LogP contribution in [-0.4, -0.2) is 33.9 Å². The number of benzene rings is 2. The number of hydrogen-bond acceptors (Lipinski definition) is 4. The number of urea groups is 1. The molecule has 0 aliphatic rings. The summed E-state index contributed by atoms with van der Waals surface area (Å²) in [7, 11) is 4.69. The largest absolute Gasteiger partial charge is 0.493 e. The molecule has 2 aromatic rings. The molecule has 1 atom stereocenters. The molecule has 0 saturated carbocycles. The molecule has 2 rings (SSSR count). The number of rotatable bonds is 7. The van der Waals surface area contributed by atoms with Crippen LogP contribution in [0.15, 0.2) is 42.5 Å². The molecular formula is C19H23ClN2O4. The summed E-state index contributed by atoms with van der Waals surface area (Å²) in [5, 5.41) is 6.19. The summed E-state index contributed by atoms with van der Waals surface area (Å²) in [6.07, 6.45) is 0. The summed E-state index contributed by atoms with van der Waals surface area (Å²) in [6, 6.07) is 12.1. The second-order valence-electron chi connectivity index (χ2n) is 5.82. The molecule has 0 bridgehead atoms. The van der Waals surface area contributed by atoms with E-state index in [-0.39, 0.29) is 12.6 Å². The van der Waals surface area contributed by atoms with Gasteiger partial charge in [0.25, 0.3) is 0 Å². The number of carbonyl (C=O) groups excluding carboxylic acids is 1. The normalized spacial score (nSPS) is 12.8. The van der Waals surface area contributed by atoms with Gasteiger partial charge in [-0.15, -0.1) is 0 Å². The average molecular weight is 379 g/mol. The van der Waals surface area contributed by atoms with Crippen LogP contribution in [0, 0.1) is 0 Å². The SMILES string of the molecule is COc1ccc(NC(=O)NCC(C)(OC)c2cccc(Cl)c2)cc1OC. The number of anilines is 1. The third-order valence-electron chi connectivity index (χ3n) is 4.11. The first-order valence-electron chi connectivity index (χ1n) is 8.00. The zero-order valence-corrected chi connectivity index (χ0v) is 16.0. The Hall–Kier alpha value is -2.44. The molecule has 0 aliphatic heterocycles. The van der Waals surface area contributed by atoms with E-state index >= 15 is 0 Å². The fourth-order valence-electron chi connectivity index (χ4n) is 2.45. The molecule has 140 valence electrons. The van der Waals surface area contributed by atoms with Crippen molar-refractivity contribution in [1.29, 1.82) is 0 Å². The van der Waals surface area contributed by atoms with Gasteiger partial charge in [-0.2, -0.15) is 0 Å². The van der Waals surface area contributed by atoms with E-state index in [0.29, 0.717) is 22.2 Å². The Morgan fingerprint density at radius 3 is 2.42 bits per heavy atom. The second kappa shape index (κ2) is 8.78. The molecule has 0 aliphatic carbocycles. The number of ether oxygens (including phenoxy) is 3. The van der Waals surface area contributed by atoms with Crippen molar-refractivity contribution in [2.24, 2.45) is 0 Å². The second-order valence-corrected chi connectivity index (χ2v) is 6.26. The zero-order chi connectivity index (χ0) is 19.2. The van der Waals surface area contributed by atoms with Crippen LogP contribution in [0.2, 0.25) is 5.02 Å². The van der Waals surface area contributed by atoms with Crippen LogP contribution < -0.4 is 20.1 Å². The molecule has 0 saturated heterocycles. The topological polar surface area (TPSA) is 68.8 Å². The molecule has 7 heteroatoms. The molecule has 26 heavy (non-hydrogen) atoms. The predicted octanol–water partition coefficient (Wildman–Crippen LogP) is 4.04. The van der Waals surface area contributed by atoms with Gasteiger partial charge in [0, 0.05) is 23.9 Å². The van der Waals surface area contributed by atoms with Gasteiger partial charge < -0.3 is 24.8 Å². The third kappa shape index (κ3) is 4.80. The van der Waals surface area contributed by atoms with Gasteiger partial charge in [-0.25, -0.2) is 4.79 Å². The first kappa shape index (κ1) is 19.9. The standard InChI is InChI=1S/C19H23ClN2O4/c1-19(26-4,13-6-5-7-14(20)10-13)12-21-18(23)22-15-8-9-16(24-2)17(11-15)25-3/h5-11H,12H2,1-4H3,(H2,21,22,23). The number of amides is 2. The van der Waals surface area contributed by atoms with Crippen molar-refractivity contribution in [2.45, 2.75) is 12.5 Å². The van der Waals surface area contributed by atoms with Crippen molar-refractivity contribution >= 4 is 23.3 Å². The van der Waals surface area contributed by atoms with Gasteiger partial charge in [-0.1, -0.05) is 23.7 Å². The summed E-state index contributed by atoms with van der Waals surface area (Å²) in [5.74, 6) is 1.12. The molecular weight excluding hydrogens is 356 g/mol. The fraction of sp³-hybridized carbons (Fsp3) is 0.316. The summed E-state index contributed by atoms with van der Waals surface area (Å²) in [6.45, 7) is 2.15. The number of methoxy groups -OCH3 is 3.